The summed E-state index contributed by atoms with van der Waals surface area (Å²) in [6.07, 6.45) is 1.51. The number of benzene rings is 2. The molecule has 3 aromatic rings. The number of aromatic nitrogens is 2. The van der Waals surface area contributed by atoms with Crippen molar-refractivity contribution in [3.8, 4) is 0 Å². The molecule has 2 aliphatic rings. The van der Waals surface area contributed by atoms with Crippen LogP contribution in [-0.2, 0) is 25.3 Å². The molecule has 0 radical (unpaired) electrons. The van der Waals surface area contributed by atoms with Crippen LogP contribution in [0.15, 0.2) is 54.7 Å². The average Bonchev–Trinajstić information content (AvgIpc) is 3.14. The highest BCUT2D eigenvalue weighted by Gasteiger charge is 2.51. The number of carbonyl (C=O) groups excluding carboxylic acids is 1. The third kappa shape index (κ3) is 6.66. The number of amides is 1. The van der Waals surface area contributed by atoms with E-state index in [-0.39, 0.29) is 12.1 Å². The third-order valence-corrected chi connectivity index (χ3v) is 7.90. The standard InChI is InChI=1S/C31H41BN4O5/c1-29(2,3)39-28(37)36-15-16-38-21-25(36)20-35(19-22-11-9-8-10-12-22)27-33-18-23-17-24(13-14-26(23)34-27)32-40-30(4,5)31(6,7)41-32/h8-14,17-18,25H,15-16,19-21H2,1-7H3/t25-/m1/s1. The van der Waals surface area contributed by atoms with Crippen molar-refractivity contribution in [1.29, 1.82) is 0 Å². The molecule has 2 fully saturated rings. The molecule has 10 heteroatoms. The van der Waals surface area contributed by atoms with Gasteiger partial charge in [0.2, 0.25) is 5.95 Å². The van der Waals surface area contributed by atoms with E-state index in [2.05, 4.69) is 17.0 Å². The van der Waals surface area contributed by atoms with Gasteiger partial charge in [0.25, 0.3) is 0 Å². The number of ether oxygens (including phenoxy) is 2. The zero-order valence-electron chi connectivity index (χ0n) is 25.2. The third-order valence-electron chi connectivity index (χ3n) is 7.90. The maximum absolute atomic E-state index is 13.1. The first-order chi connectivity index (χ1) is 19.3. The molecule has 5 rings (SSSR count). The quantitative estimate of drug-likeness (QED) is 0.406. The van der Waals surface area contributed by atoms with E-state index in [9.17, 15) is 4.79 Å². The van der Waals surface area contributed by atoms with Gasteiger partial charge < -0.3 is 23.7 Å². The summed E-state index contributed by atoms with van der Waals surface area (Å²) in [5, 5.41) is 0.900. The lowest BCUT2D eigenvalue weighted by atomic mass is 9.78. The summed E-state index contributed by atoms with van der Waals surface area (Å²) in [5.74, 6) is 0.583. The Kier molecular flexibility index (Phi) is 8.02. The molecule has 2 aromatic carbocycles. The number of nitrogens with zero attached hydrogens (tertiary/aromatic N) is 4. The van der Waals surface area contributed by atoms with Crippen LogP contribution in [0.2, 0.25) is 0 Å². The van der Waals surface area contributed by atoms with Gasteiger partial charge in [0.15, 0.2) is 0 Å². The lowest BCUT2D eigenvalue weighted by molar-refractivity contribution is -0.0304. The largest absolute Gasteiger partial charge is 0.494 e. The normalized spacial score (nSPS) is 20.3. The van der Waals surface area contributed by atoms with E-state index in [0.717, 1.165) is 21.9 Å². The molecular formula is C31H41BN4O5. The Morgan fingerprint density at radius 1 is 1.10 bits per heavy atom. The molecule has 9 nitrogen and oxygen atoms in total. The summed E-state index contributed by atoms with van der Waals surface area (Å²) >= 11 is 0. The van der Waals surface area contributed by atoms with Crippen LogP contribution in [0.1, 0.15) is 54.0 Å². The first kappa shape index (κ1) is 29.3. The lowest BCUT2D eigenvalue weighted by Crippen LogP contribution is -2.54. The fourth-order valence-electron chi connectivity index (χ4n) is 4.96. The molecule has 0 spiro atoms. The van der Waals surface area contributed by atoms with Crippen molar-refractivity contribution >= 4 is 35.5 Å². The fraction of sp³-hybridized carbons (Fsp3) is 0.516. The summed E-state index contributed by atoms with van der Waals surface area (Å²) < 4.78 is 24.0. The molecule has 2 aliphatic heterocycles. The van der Waals surface area contributed by atoms with E-state index >= 15 is 0 Å². The zero-order chi connectivity index (χ0) is 29.4. The summed E-state index contributed by atoms with van der Waals surface area (Å²) in [6.45, 7) is 16.3. The zero-order valence-corrected chi connectivity index (χ0v) is 25.2. The first-order valence-corrected chi connectivity index (χ1v) is 14.3. The van der Waals surface area contributed by atoms with Gasteiger partial charge in [0.1, 0.15) is 5.60 Å². The Balaban J connectivity index is 1.42. The number of fused-ring (bicyclic) bond motifs is 1. The van der Waals surface area contributed by atoms with Gasteiger partial charge in [-0.1, -0.05) is 42.5 Å². The van der Waals surface area contributed by atoms with Gasteiger partial charge in [-0.05, 0) is 65.6 Å². The van der Waals surface area contributed by atoms with Gasteiger partial charge in [0, 0.05) is 31.2 Å². The maximum atomic E-state index is 13.1. The summed E-state index contributed by atoms with van der Waals surface area (Å²) in [7, 11) is -0.455. The van der Waals surface area contributed by atoms with Crippen molar-refractivity contribution < 1.29 is 23.6 Å². The number of hydrogen-bond donors (Lipinski definition) is 0. The predicted octanol–water partition coefficient (Wildman–Crippen LogP) is 4.57. The van der Waals surface area contributed by atoms with Gasteiger partial charge in [0.05, 0.1) is 36.0 Å². The lowest BCUT2D eigenvalue weighted by Gasteiger charge is -2.39. The van der Waals surface area contributed by atoms with Crippen LogP contribution in [0.5, 0.6) is 0 Å². The maximum Gasteiger partial charge on any atom is 0.494 e. The van der Waals surface area contributed by atoms with Gasteiger partial charge in [-0.2, -0.15) is 0 Å². The fourth-order valence-corrected chi connectivity index (χ4v) is 4.96. The second-order valence-electron chi connectivity index (χ2n) is 12.8. The predicted molar refractivity (Wildman–Crippen MR) is 160 cm³/mol. The van der Waals surface area contributed by atoms with Crippen molar-refractivity contribution in [3.63, 3.8) is 0 Å². The van der Waals surface area contributed by atoms with Crippen LogP contribution < -0.4 is 10.4 Å². The van der Waals surface area contributed by atoms with E-state index in [4.69, 9.17) is 28.8 Å². The number of anilines is 1. The van der Waals surface area contributed by atoms with E-state index in [0.29, 0.717) is 38.8 Å². The molecule has 1 aromatic heterocycles. The SMILES string of the molecule is CC(C)(C)OC(=O)N1CCOC[C@H]1CN(Cc1ccccc1)c1ncc2cc(B3OC(C)(C)C(C)(C)O3)ccc2n1. The smallest absolute Gasteiger partial charge is 0.444 e. The number of carbonyl (C=O) groups is 1. The van der Waals surface area contributed by atoms with E-state index in [1.807, 2.05) is 91.1 Å². The molecule has 1 amide bonds. The Hall–Kier alpha value is -3.21. The second-order valence-corrected chi connectivity index (χ2v) is 12.8. The minimum atomic E-state index is -0.579. The van der Waals surface area contributed by atoms with Crippen LogP contribution in [0.3, 0.4) is 0 Å². The molecular weight excluding hydrogens is 519 g/mol. The summed E-state index contributed by atoms with van der Waals surface area (Å²) in [5.41, 5.74) is 1.46. The van der Waals surface area contributed by atoms with Gasteiger partial charge in [-0.3, -0.25) is 4.90 Å². The van der Waals surface area contributed by atoms with Crippen LogP contribution in [0.25, 0.3) is 10.9 Å². The average molecular weight is 561 g/mol. The van der Waals surface area contributed by atoms with Gasteiger partial charge in [-0.25, -0.2) is 14.8 Å². The molecule has 0 aliphatic carbocycles. The second kappa shape index (κ2) is 11.2. The summed E-state index contributed by atoms with van der Waals surface area (Å²) in [6, 6.07) is 16.0. The highest BCUT2D eigenvalue weighted by Crippen LogP contribution is 2.36. The van der Waals surface area contributed by atoms with Crippen LogP contribution in [0, 0.1) is 0 Å². The van der Waals surface area contributed by atoms with Crippen LogP contribution in [0.4, 0.5) is 10.7 Å². The molecule has 3 heterocycles. The first-order valence-electron chi connectivity index (χ1n) is 14.3. The van der Waals surface area contributed by atoms with Crippen LogP contribution >= 0.6 is 0 Å². The van der Waals surface area contributed by atoms with Crippen molar-refractivity contribution in [2.24, 2.45) is 0 Å². The monoisotopic (exact) mass is 560 g/mol. The Bertz CT molecular complexity index is 1360. The Morgan fingerprint density at radius 3 is 2.49 bits per heavy atom. The number of rotatable bonds is 6. The minimum absolute atomic E-state index is 0.215. The van der Waals surface area contributed by atoms with Gasteiger partial charge >= 0.3 is 13.2 Å². The minimum Gasteiger partial charge on any atom is -0.444 e. The van der Waals surface area contributed by atoms with Crippen LogP contribution in [-0.4, -0.2) is 77.2 Å². The van der Waals surface area contributed by atoms with Crippen molar-refractivity contribution in [2.75, 3.05) is 31.2 Å². The van der Waals surface area contributed by atoms with E-state index in [1.165, 1.54) is 0 Å². The number of morpholine rings is 1. The molecule has 0 N–H and O–H groups in total. The topological polar surface area (TPSA) is 86.2 Å². The highest BCUT2D eigenvalue weighted by atomic mass is 16.7. The highest BCUT2D eigenvalue weighted by molar-refractivity contribution is 6.62. The molecule has 0 unspecified atom stereocenters. The van der Waals surface area contributed by atoms with Crippen molar-refractivity contribution in [1.82, 2.24) is 14.9 Å². The van der Waals surface area contributed by atoms with E-state index in [1.54, 1.807) is 4.90 Å². The molecule has 218 valence electrons. The molecule has 2 saturated heterocycles. The molecule has 0 bridgehead atoms. The Labute approximate surface area is 243 Å². The van der Waals surface area contributed by atoms with Crippen molar-refractivity contribution in [2.45, 2.75) is 77.9 Å². The number of hydrogen-bond acceptors (Lipinski definition) is 8. The Morgan fingerprint density at radius 2 is 1.80 bits per heavy atom. The van der Waals surface area contributed by atoms with Gasteiger partial charge in [-0.15, -0.1) is 0 Å². The van der Waals surface area contributed by atoms with Crippen molar-refractivity contribution in [3.05, 3.63) is 60.3 Å². The molecule has 1 atom stereocenters. The molecule has 0 saturated carbocycles. The van der Waals surface area contributed by atoms with E-state index < -0.39 is 23.9 Å². The molecule has 41 heavy (non-hydrogen) atoms. The summed E-state index contributed by atoms with van der Waals surface area (Å²) in [4.78, 5) is 26.7.